The molecule has 0 saturated carbocycles. The molecule has 0 aliphatic carbocycles. The van der Waals surface area contributed by atoms with E-state index in [2.05, 4.69) is 0 Å². The lowest BCUT2D eigenvalue weighted by atomic mass is 10.0. The van der Waals surface area contributed by atoms with Gasteiger partial charge in [0.1, 0.15) is 4.49 Å². The third-order valence-electron chi connectivity index (χ3n) is 1.59. The van der Waals surface area contributed by atoms with E-state index >= 15 is 0 Å². The second-order valence-electron chi connectivity index (χ2n) is 2.66. The monoisotopic (exact) mass is 245 g/mol. The summed E-state index contributed by atoms with van der Waals surface area (Å²) < 4.78 is -0.0230. The van der Waals surface area contributed by atoms with Gasteiger partial charge in [-0.2, -0.15) is 5.26 Å². The van der Waals surface area contributed by atoms with E-state index in [0.29, 0.717) is 0 Å². The van der Waals surface area contributed by atoms with Gasteiger partial charge in [-0.1, -0.05) is 36.2 Å². The first-order chi connectivity index (χ1) is 6.99. The van der Waals surface area contributed by atoms with Gasteiger partial charge in [0, 0.05) is 17.6 Å². The highest BCUT2D eigenvalue weighted by atomic mass is 35.5. The van der Waals surface area contributed by atoms with Crippen molar-refractivity contribution in [3.05, 3.63) is 34.4 Å². The molecule has 0 spiro atoms. The number of aliphatic carboxylic acids is 1. The predicted molar refractivity (Wildman–Crippen MR) is 59.4 cm³/mol. The van der Waals surface area contributed by atoms with Gasteiger partial charge in [-0.15, -0.1) is 0 Å². The predicted octanol–water partition coefficient (Wildman–Crippen LogP) is 3.03. The fraction of sp³-hybridized carbons (Fsp3) is 0.200. The van der Waals surface area contributed by atoms with E-state index in [-0.39, 0.29) is 16.0 Å². The molecule has 0 rings (SSSR count). The summed E-state index contributed by atoms with van der Waals surface area (Å²) in [6, 6.07) is 1.79. The van der Waals surface area contributed by atoms with Crippen LogP contribution in [0.25, 0.3) is 0 Å². The molecular weight excluding hydrogens is 237 g/mol. The Morgan fingerprint density at radius 2 is 2.07 bits per heavy atom. The van der Waals surface area contributed by atoms with Crippen LogP contribution in [0.4, 0.5) is 0 Å². The van der Waals surface area contributed by atoms with Crippen LogP contribution in [0.2, 0.25) is 0 Å². The zero-order valence-corrected chi connectivity index (χ0v) is 9.46. The van der Waals surface area contributed by atoms with Gasteiger partial charge >= 0.3 is 5.97 Å². The van der Waals surface area contributed by atoms with Gasteiger partial charge in [0.15, 0.2) is 0 Å². The summed E-state index contributed by atoms with van der Waals surface area (Å²) in [4.78, 5) is 10.8. The van der Waals surface area contributed by atoms with Crippen LogP contribution in [0.1, 0.15) is 6.92 Å². The Morgan fingerprint density at radius 3 is 2.47 bits per heavy atom. The lowest BCUT2D eigenvalue weighted by Crippen LogP contribution is -2.07. The Hall–Kier alpha value is -1.24. The minimum Gasteiger partial charge on any atom is -0.478 e. The Labute approximate surface area is 97.9 Å². The van der Waals surface area contributed by atoms with Crippen LogP contribution >= 0.6 is 23.2 Å². The quantitative estimate of drug-likeness (QED) is 0.471. The van der Waals surface area contributed by atoms with E-state index in [9.17, 15) is 4.79 Å². The molecule has 80 valence electrons. The average molecular weight is 246 g/mol. The SMILES string of the molecule is CC(C=CC#N)C(=CC=C(Cl)Cl)C(=O)O. The van der Waals surface area contributed by atoms with Gasteiger partial charge in [0.2, 0.25) is 0 Å². The molecular formula is C10H9Cl2NO2. The number of rotatable bonds is 4. The summed E-state index contributed by atoms with van der Waals surface area (Å²) in [6.45, 7) is 1.66. The van der Waals surface area contributed by atoms with E-state index in [1.54, 1.807) is 13.0 Å². The van der Waals surface area contributed by atoms with Crippen molar-refractivity contribution in [3.63, 3.8) is 0 Å². The first-order valence-corrected chi connectivity index (χ1v) is 4.77. The molecule has 0 aliphatic heterocycles. The molecule has 1 atom stereocenters. The number of halogens is 2. The van der Waals surface area contributed by atoms with Crippen molar-refractivity contribution in [2.24, 2.45) is 5.92 Å². The molecule has 0 heterocycles. The number of hydrogen-bond donors (Lipinski definition) is 1. The molecule has 0 aromatic heterocycles. The lowest BCUT2D eigenvalue weighted by molar-refractivity contribution is -0.133. The molecule has 15 heavy (non-hydrogen) atoms. The number of carboxylic acid groups (broad SMARTS) is 1. The summed E-state index contributed by atoms with van der Waals surface area (Å²) >= 11 is 10.7. The van der Waals surface area contributed by atoms with Crippen molar-refractivity contribution in [3.8, 4) is 6.07 Å². The highest BCUT2D eigenvalue weighted by Crippen LogP contribution is 2.15. The normalized spacial score (nSPS) is 13.3. The van der Waals surface area contributed by atoms with Crippen LogP contribution in [0.5, 0.6) is 0 Å². The van der Waals surface area contributed by atoms with E-state index < -0.39 is 5.97 Å². The fourth-order valence-electron chi connectivity index (χ4n) is 0.862. The summed E-state index contributed by atoms with van der Waals surface area (Å²) in [6.07, 6.45) is 5.30. The van der Waals surface area contributed by atoms with Crippen molar-refractivity contribution in [1.82, 2.24) is 0 Å². The third-order valence-corrected chi connectivity index (χ3v) is 1.84. The van der Waals surface area contributed by atoms with E-state index in [1.807, 2.05) is 0 Å². The molecule has 1 N–H and O–H groups in total. The van der Waals surface area contributed by atoms with Crippen LogP contribution in [-0.4, -0.2) is 11.1 Å². The van der Waals surface area contributed by atoms with Gasteiger partial charge in [-0.25, -0.2) is 4.79 Å². The topological polar surface area (TPSA) is 61.1 Å². The van der Waals surface area contributed by atoms with Crippen LogP contribution < -0.4 is 0 Å². The van der Waals surface area contributed by atoms with Gasteiger partial charge < -0.3 is 5.11 Å². The minimum atomic E-state index is -1.07. The number of carboxylic acids is 1. The second kappa shape index (κ2) is 7.10. The van der Waals surface area contributed by atoms with Gasteiger partial charge in [0.25, 0.3) is 0 Å². The molecule has 0 fully saturated rings. The molecule has 1 unspecified atom stereocenters. The first-order valence-electron chi connectivity index (χ1n) is 4.01. The molecule has 3 nitrogen and oxygen atoms in total. The Balaban J connectivity index is 4.92. The molecule has 0 radical (unpaired) electrons. The molecule has 0 saturated heterocycles. The van der Waals surface area contributed by atoms with Gasteiger partial charge in [-0.3, -0.25) is 0 Å². The third kappa shape index (κ3) is 5.95. The molecule has 0 aromatic carbocycles. The maximum Gasteiger partial charge on any atom is 0.332 e. The summed E-state index contributed by atoms with van der Waals surface area (Å²) in [5.41, 5.74) is 0.111. The zero-order chi connectivity index (χ0) is 11.8. The van der Waals surface area contributed by atoms with Crippen LogP contribution in [0.15, 0.2) is 34.4 Å². The molecule has 0 bridgehead atoms. The number of hydrogen-bond acceptors (Lipinski definition) is 2. The van der Waals surface area contributed by atoms with Crippen LogP contribution in [-0.2, 0) is 4.79 Å². The number of nitrogens with zero attached hydrogens (tertiary/aromatic N) is 1. The second-order valence-corrected chi connectivity index (χ2v) is 3.67. The molecule has 0 amide bonds. The summed E-state index contributed by atoms with van der Waals surface area (Å²) in [5, 5.41) is 17.2. The van der Waals surface area contributed by atoms with Crippen molar-refractivity contribution in [2.45, 2.75) is 6.92 Å². The van der Waals surface area contributed by atoms with Crippen LogP contribution in [0.3, 0.4) is 0 Å². The van der Waals surface area contributed by atoms with Crippen molar-refractivity contribution >= 4 is 29.2 Å². The van der Waals surface area contributed by atoms with E-state index in [1.165, 1.54) is 24.3 Å². The standard InChI is InChI=1S/C10H9Cl2NO2/c1-7(3-2-6-13)8(10(14)15)4-5-9(11)12/h2-5,7H,1H3,(H,14,15). The van der Waals surface area contributed by atoms with E-state index in [0.717, 1.165) is 0 Å². The minimum absolute atomic E-state index is 0.0230. The average Bonchev–Trinajstić information content (AvgIpc) is 2.13. The molecule has 0 aliphatic rings. The highest BCUT2D eigenvalue weighted by Gasteiger charge is 2.12. The lowest BCUT2D eigenvalue weighted by Gasteiger charge is -2.05. The Kier molecular flexibility index (Phi) is 6.52. The smallest absolute Gasteiger partial charge is 0.332 e. The Morgan fingerprint density at radius 1 is 1.47 bits per heavy atom. The maximum atomic E-state index is 10.8. The fourth-order valence-corrected chi connectivity index (χ4v) is 0.988. The maximum absolute atomic E-state index is 10.8. The van der Waals surface area contributed by atoms with E-state index in [4.69, 9.17) is 33.6 Å². The number of nitriles is 1. The van der Waals surface area contributed by atoms with Crippen LogP contribution in [0, 0.1) is 17.2 Å². The van der Waals surface area contributed by atoms with Gasteiger partial charge in [0.05, 0.1) is 6.07 Å². The zero-order valence-electron chi connectivity index (χ0n) is 7.95. The van der Waals surface area contributed by atoms with Crippen molar-refractivity contribution in [2.75, 3.05) is 0 Å². The summed E-state index contributed by atoms with van der Waals surface area (Å²) in [7, 11) is 0. The molecule has 5 heteroatoms. The highest BCUT2D eigenvalue weighted by molar-refractivity contribution is 6.56. The Bertz CT molecular complexity index is 360. The largest absolute Gasteiger partial charge is 0.478 e. The first kappa shape index (κ1) is 13.8. The van der Waals surface area contributed by atoms with Crippen molar-refractivity contribution < 1.29 is 9.90 Å². The van der Waals surface area contributed by atoms with Gasteiger partial charge in [-0.05, 0) is 12.2 Å². The number of carbonyl (C=O) groups is 1. The summed E-state index contributed by atoms with van der Waals surface area (Å²) in [5.74, 6) is -1.46. The number of allylic oxidation sites excluding steroid dienone is 4. The molecule has 0 aromatic rings. The van der Waals surface area contributed by atoms with Crippen molar-refractivity contribution in [1.29, 1.82) is 5.26 Å².